The van der Waals surface area contributed by atoms with E-state index in [2.05, 4.69) is 6.92 Å². The second-order valence-corrected chi connectivity index (χ2v) is 6.35. The van der Waals surface area contributed by atoms with Crippen molar-refractivity contribution < 1.29 is 14.3 Å². The van der Waals surface area contributed by atoms with Gasteiger partial charge in [-0.3, -0.25) is 0 Å². The van der Waals surface area contributed by atoms with E-state index in [1.807, 2.05) is 20.8 Å². The number of nitrogens with zero attached hydrogens (tertiary/aromatic N) is 1. The van der Waals surface area contributed by atoms with Gasteiger partial charge in [0.05, 0.1) is 5.41 Å². The molecule has 2 atom stereocenters. The summed E-state index contributed by atoms with van der Waals surface area (Å²) in [6.45, 7) is 8.76. The van der Waals surface area contributed by atoms with Crippen LogP contribution in [0.3, 0.4) is 0 Å². The number of likely N-dealkylation sites (tertiary alicyclic amines) is 1. The molecular formula is C12H19NO3. The van der Waals surface area contributed by atoms with Crippen molar-refractivity contribution >= 4 is 12.4 Å². The van der Waals surface area contributed by atoms with Gasteiger partial charge in [-0.15, -0.1) is 0 Å². The molecule has 0 bridgehead atoms. The molecule has 90 valence electrons. The van der Waals surface area contributed by atoms with E-state index in [1.54, 1.807) is 4.90 Å². The summed E-state index contributed by atoms with van der Waals surface area (Å²) in [6.07, 6.45) is 1.61. The fourth-order valence-electron chi connectivity index (χ4n) is 2.61. The number of carbonyl (C=O) groups is 2. The van der Waals surface area contributed by atoms with Gasteiger partial charge in [-0.25, -0.2) is 4.79 Å². The molecule has 2 fully saturated rings. The monoisotopic (exact) mass is 225 g/mol. The molecule has 2 aliphatic rings. The molecule has 1 saturated heterocycles. The van der Waals surface area contributed by atoms with Gasteiger partial charge in [-0.2, -0.15) is 0 Å². The van der Waals surface area contributed by atoms with E-state index in [9.17, 15) is 9.59 Å². The van der Waals surface area contributed by atoms with Crippen LogP contribution in [0.25, 0.3) is 0 Å². The lowest BCUT2D eigenvalue weighted by Gasteiger charge is -2.26. The molecule has 4 heteroatoms. The molecule has 16 heavy (non-hydrogen) atoms. The van der Waals surface area contributed by atoms with Crippen molar-refractivity contribution in [2.24, 2.45) is 10.8 Å². The highest BCUT2D eigenvalue weighted by Gasteiger charge is 2.70. The zero-order valence-corrected chi connectivity index (χ0v) is 10.4. The average Bonchev–Trinajstić information content (AvgIpc) is 2.58. The van der Waals surface area contributed by atoms with E-state index in [1.165, 1.54) is 0 Å². The van der Waals surface area contributed by atoms with Crippen molar-refractivity contribution in [1.29, 1.82) is 0 Å². The standard InChI is InChI=1S/C12H19NO3/c1-10(2,3)16-9(15)13-6-11(4)5-12(11,7-13)8-14/h8H,5-7H2,1-4H3. The van der Waals surface area contributed by atoms with Crippen molar-refractivity contribution in [2.75, 3.05) is 13.1 Å². The molecule has 0 spiro atoms. The number of hydrogen-bond acceptors (Lipinski definition) is 3. The molecule has 1 amide bonds. The summed E-state index contributed by atoms with van der Waals surface area (Å²) in [7, 11) is 0. The third-order valence-corrected chi connectivity index (χ3v) is 3.67. The molecule has 0 radical (unpaired) electrons. The SMILES string of the molecule is CC(C)(C)OC(=O)N1CC2(C)CC2(C=O)C1. The Balaban J connectivity index is 2.00. The van der Waals surface area contributed by atoms with Crippen LogP contribution in [0.1, 0.15) is 34.1 Å². The third-order valence-electron chi connectivity index (χ3n) is 3.67. The Labute approximate surface area is 95.9 Å². The lowest BCUT2D eigenvalue weighted by molar-refractivity contribution is -0.112. The van der Waals surface area contributed by atoms with E-state index >= 15 is 0 Å². The van der Waals surface area contributed by atoms with Crippen LogP contribution >= 0.6 is 0 Å². The number of aldehydes is 1. The van der Waals surface area contributed by atoms with Gasteiger partial charge in [0, 0.05) is 18.5 Å². The Morgan fingerprint density at radius 1 is 1.38 bits per heavy atom. The van der Waals surface area contributed by atoms with E-state index in [4.69, 9.17) is 4.74 Å². The van der Waals surface area contributed by atoms with Gasteiger partial charge >= 0.3 is 6.09 Å². The van der Waals surface area contributed by atoms with E-state index < -0.39 is 5.60 Å². The van der Waals surface area contributed by atoms with Crippen LogP contribution in [0.4, 0.5) is 4.79 Å². The Morgan fingerprint density at radius 2 is 2.00 bits per heavy atom. The minimum atomic E-state index is -0.473. The normalized spacial score (nSPS) is 36.9. The molecule has 2 unspecified atom stereocenters. The van der Waals surface area contributed by atoms with Crippen molar-refractivity contribution in [3.8, 4) is 0 Å². The third kappa shape index (κ3) is 1.60. The molecular weight excluding hydrogens is 206 g/mol. The van der Waals surface area contributed by atoms with Gasteiger partial charge in [-0.05, 0) is 27.2 Å². The van der Waals surface area contributed by atoms with Gasteiger partial charge in [0.25, 0.3) is 0 Å². The summed E-state index contributed by atoms with van der Waals surface area (Å²) in [4.78, 5) is 24.5. The molecule has 4 nitrogen and oxygen atoms in total. The molecule has 2 rings (SSSR count). The number of carbonyl (C=O) groups excluding carboxylic acids is 2. The maximum atomic E-state index is 11.8. The number of hydrogen-bond donors (Lipinski definition) is 0. The molecule has 0 N–H and O–H groups in total. The van der Waals surface area contributed by atoms with Gasteiger partial charge in [0.1, 0.15) is 11.9 Å². The minimum absolute atomic E-state index is 0.00828. The largest absolute Gasteiger partial charge is 0.444 e. The van der Waals surface area contributed by atoms with Crippen LogP contribution in [0, 0.1) is 10.8 Å². The summed E-state index contributed by atoms with van der Waals surface area (Å²) < 4.78 is 5.30. The topological polar surface area (TPSA) is 46.6 Å². The molecule has 0 aromatic carbocycles. The Morgan fingerprint density at radius 3 is 2.44 bits per heavy atom. The highest BCUT2D eigenvalue weighted by molar-refractivity contribution is 5.75. The Bertz CT molecular complexity index is 347. The van der Waals surface area contributed by atoms with Crippen LogP contribution in [0.5, 0.6) is 0 Å². The first-order valence-electron chi connectivity index (χ1n) is 5.66. The van der Waals surface area contributed by atoms with Gasteiger partial charge in [0.15, 0.2) is 0 Å². The number of piperidine rings is 1. The Kier molecular flexibility index (Phi) is 2.14. The van der Waals surface area contributed by atoms with Crippen molar-refractivity contribution in [2.45, 2.75) is 39.7 Å². The minimum Gasteiger partial charge on any atom is -0.444 e. The van der Waals surface area contributed by atoms with Gasteiger partial charge in [0.2, 0.25) is 0 Å². The molecule has 0 aromatic rings. The number of fused-ring (bicyclic) bond motifs is 1. The predicted molar refractivity (Wildman–Crippen MR) is 59.0 cm³/mol. The van der Waals surface area contributed by atoms with Crippen LogP contribution in [0.2, 0.25) is 0 Å². The molecule has 1 aliphatic heterocycles. The second kappa shape index (κ2) is 2.99. The highest BCUT2D eigenvalue weighted by atomic mass is 16.6. The van der Waals surface area contributed by atoms with Crippen LogP contribution in [-0.2, 0) is 9.53 Å². The van der Waals surface area contributed by atoms with Crippen LogP contribution in [-0.4, -0.2) is 36.0 Å². The van der Waals surface area contributed by atoms with Crippen molar-refractivity contribution in [3.63, 3.8) is 0 Å². The summed E-state index contributed by atoms with van der Waals surface area (Å²) in [5, 5.41) is 0. The lowest BCUT2D eigenvalue weighted by Crippen LogP contribution is -2.37. The number of amides is 1. The highest BCUT2D eigenvalue weighted by Crippen LogP contribution is 2.66. The quantitative estimate of drug-likeness (QED) is 0.640. The van der Waals surface area contributed by atoms with E-state index in [0.29, 0.717) is 13.1 Å². The summed E-state index contributed by atoms with van der Waals surface area (Å²) in [6, 6.07) is 0. The molecule has 1 aliphatic carbocycles. The number of ether oxygens (including phenoxy) is 1. The first kappa shape index (κ1) is 11.4. The van der Waals surface area contributed by atoms with Crippen LogP contribution < -0.4 is 0 Å². The molecule has 1 saturated carbocycles. The zero-order valence-electron chi connectivity index (χ0n) is 10.4. The summed E-state index contributed by atoms with van der Waals surface area (Å²) in [5.74, 6) is 0. The summed E-state index contributed by atoms with van der Waals surface area (Å²) >= 11 is 0. The summed E-state index contributed by atoms with van der Waals surface area (Å²) in [5.41, 5.74) is -0.769. The van der Waals surface area contributed by atoms with E-state index in [-0.39, 0.29) is 16.9 Å². The maximum absolute atomic E-state index is 11.8. The predicted octanol–water partition coefficient (Wildman–Crippen LogP) is 1.83. The van der Waals surface area contributed by atoms with Gasteiger partial charge < -0.3 is 14.4 Å². The smallest absolute Gasteiger partial charge is 0.410 e. The number of rotatable bonds is 1. The fraction of sp³-hybridized carbons (Fsp3) is 0.833. The van der Waals surface area contributed by atoms with E-state index in [0.717, 1.165) is 12.7 Å². The molecule has 1 heterocycles. The van der Waals surface area contributed by atoms with Crippen molar-refractivity contribution in [3.05, 3.63) is 0 Å². The zero-order chi connectivity index (χ0) is 12.2. The first-order chi connectivity index (χ1) is 7.21. The maximum Gasteiger partial charge on any atom is 0.410 e. The first-order valence-corrected chi connectivity index (χ1v) is 5.66. The average molecular weight is 225 g/mol. The fourth-order valence-corrected chi connectivity index (χ4v) is 2.61. The Hall–Kier alpha value is -1.06. The van der Waals surface area contributed by atoms with Crippen molar-refractivity contribution in [1.82, 2.24) is 4.90 Å². The second-order valence-electron chi connectivity index (χ2n) is 6.35. The van der Waals surface area contributed by atoms with Gasteiger partial charge in [-0.1, -0.05) is 6.92 Å². The lowest BCUT2D eigenvalue weighted by atomic mass is 10.0. The van der Waals surface area contributed by atoms with Crippen LogP contribution in [0.15, 0.2) is 0 Å². The molecule has 0 aromatic heterocycles.